The standard InChI is InChI=1S/C19H21N3O5S/c23-18(24,19(25,26)27)22-11-9-21(10-12-22)17-13-5-1-3-7-15(13)28-16-8-4-2-6-14(16)20-17/h1-8,23-27H,9-12H2. The van der Waals surface area contributed by atoms with Crippen LogP contribution in [0, 0.1) is 0 Å². The zero-order chi connectivity index (χ0) is 19.9. The Morgan fingerprint density at radius 1 is 0.786 bits per heavy atom. The second-order valence-corrected chi connectivity index (χ2v) is 7.83. The molecular weight excluding hydrogens is 382 g/mol. The van der Waals surface area contributed by atoms with Crippen molar-refractivity contribution in [2.24, 2.45) is 4.99 Å². The van der Waals surface area contributed by atoms with E-state index in [2.05, 4.69) is 0 Å². The highest BCUT2D eigenvalue weighted by Gasteiger charge is 2.52. The van der Waals surface area contributed by atoms with E-state index in [-0.39, 0.29) is 13.1 Å². The number of fused-ring (bicyclic) bond motifs is 2. The Balaban J connectivity index is 1.64. The first-order chi connectivity index (χ1) is 13.3. The fourth-order valence-electron chi connectivity index (χ4n) is 3.35. The lowest BCUT2D eigenvalue weighted by Gasteiger charge is -2.44. The van der Waals surface area contributed by atoms with Crippen molar-refractivity contribution in [3.8, 4) is 0 Å². The molecule has 0 bridgehead atoms. The minimum atomic E-state index is -3.64. The summed E-state index contributed by atoms with van der Waals surface area (Å²) in [7, 11) is 0. The van der Waals surface area contributed by atoms with E-state index in [9.17, 15) is 25.5 Å². The SMILES string of the molecule is OC(O)(O)C(O)(O)N1CCN(C2=Nc3ccccc3Sc3ccccc32)CC1. The van der Waals surface area contributed by atoms with Gasteiger partial charge in [0.1, 0.15) is 5.84 Å². The van der Waals surface area contributed by atoms with E-state index in [4.69, 9.17) is 4.99 Å². The predicted octanol–water partition coefficient (Wildman–Crippen LogP) is 0.116. The highest BCUT2D eigenvalue weighted by Crippen LogP contribution is 2.40. The molecule has 148 valence electrons. The largest absolute Gasteiger partial charge is 0.353 e. The van der Waals surface area contributed by atoms with Crippen LogP contribution < -0.4 is 0 Å². The number of rotatable bonds is 2. The van der Waals surface area contributed by atoms with Crippen LogP contribution in [0.25, 0.3) is 0 Å². The van der Waals surface area contributed by atoms with Crippen molar-refractivity contribution in [1.29, 1.82) is 0 Å². The van der Waals surface area contributed by atoms with Crippen molar-refractivity contribution in [1.82, 2.24) is 9.80 Å². The van der Waals surface area contributed by atoms with Gasteiger partial charge in [0, 0.05) is 41.5 Å². The summed E-state index contributed by atoms with van der Waals surface area (Å²) < 4.78 is 0. The third-order valence-corrected chi connectivity index (χ3v) is 6.05. The third-order valence-electron chi connectivity index (χ3n) is 4.91. The Morgan fingerprint density at radius 2 is 1.39 bits per heavy atom. The van der Waals surface area contributed by atoms with Crippen LogP contribution in [-0.2, 0) is 0 Å². The Kier molecular flexibility index (Phi) is 4.92. The van der Waals surface area contributed by atoms with E-state index < -0.39 is 11.9 Å². The van der Waals surface area contributed by atoms with Crippen LogP contribution in [0.4, 0.5) is 5.69 Å². The van der Waals surface area contributed by atoms with Crippen LogP contribution in [0.15, 0.2) is 63.3 Å². The summed E-state index contributed by atoms with van der Waals surface area (Å²) in [5.74, 6) is -6.03. The molecule has 0 amide bonds. The van der Waals surface area contributed by atoms with Crippen LogP contribution in [-0.4, -0.2) is 79.2 Å². The van der Waals surface area contributed by atoms with Crippen molar-refractivity contribution < 1.29 is 25.5 Å². The lowest BCUT2D eigenvalue weighted by Crippen LogP contribution is -2.68. The first-order valence-electron chi connectivity index (χ1n) is 8.84. The van der Waals surface area contributed by atoms with E-state index in [1.807, 2.05) is 53.4 Å². The highest BCUT2D eigenvalue weighted by atomic mass is 32.2. The summed E-state index contributed by atoms with van der Waals surface area (Å²) in [6, 6.07) is 15.9. The predicted molar refractivity (Wildman–Crippen MR) is 103 cm³/mol. The molecule has 8 nitrogen and oxygen atoms in total. The topological polar surface area (TPSA) is 120 Å². The fraction of sp³-hybridized carbons (Fsp3) is 0.316. The first kappa shape index (κ1) is 19.3. The molecule has 0 radical (unpaired) electrons. The highest BCUT2D eigenvalue weighted by molar-refractivity contribution is 7.99. The van der Waals surface area contributed by atoms with E-state index in [1.54, 1.807) is 11.8 Å². The molecule has 2 aliphatic rings. The molecule has 0 unspecified atom stereocenters. The molecule has 2 aliphatic heterocycles. The van der Waals surface area contributed by atoms with E-state index in [0.717, 1.165) is 31.8 Å². The quantitative estimate of drug-likeness (QED) is 0.449. The molecule has 2 aromatic rings. The van der Waals surface area contributed by atoms with Gasteiger partial charge in [0.2, 0.25) is 0 Å². The minimum Gasteiger partial charge on any atom is -0.353 e. The molecule has 9 heteroatoms. The summed E-state index contributed by atoms with van der Waals surface area (Å²) in [6.45, 7) is 0.900. The second kappa shape index (κ2) is 7.12. The molecule has 0 saturated carbocycles. The Bertz CT molecular complexity index is 904. The molecule has 28 heavy (non-hydrogen) atoms. The maximum Gasteiger partial charge on any atom is 0.349 e. The number of hydrogen-bond acceptors (Lipinski definition) is 9. The summed E-state index contributed by atoms with van der Waals surface area (Å²) in [6.07, 6.45) is 0. The number of nitrogens with zero attached hydrogens (tertiary/aromatic N) is 3. The van der Waals surface area contributed by atoms with Gasteiger partial charge in [-0.2, -0.15) is 0 Å². The van der Waals surface area contributed by atoms with E-state index in [0.29, 0.717) is 13.1 Å². The van der Waals surface area contributed by atoms with Gasteiger partial charge >= 0.3 is 11.9 Å². The summed E-state index contributed by atoms with van der Waals surface area (Å²) in [4.78, 5) is 10.0. The maximum absolute atomic E-state index is 9.88. The number of aliphatic imine (C=N–C) groups is 1. The lowest BCUT2D eigenvalue weighted by molar-refractivity contribution is -0.486. The van der Waals surface area contributed by atoms with Gasteiger partial charge < -0.3 is 30.4 Å². The van der Waals surface area contributed by atoms with Gasteiger partial charge in [0.05, 0.1) is 5.69 Å². The first-order valence-corrected chi connectivity index (χ1v) is 9.66. The van der Waals surface area contributed by atoms with Crippen molar-refractivity contribution in [3.63, 3.8) is 0 Å². The zero-order valence-corrected chi connectivity index (χ0v) is 15.7. The van der Waals surface area contributed by atoms with Crippen molar-refractivity contribution in [3.05, 3.63) is 54.1 Å². The van der Waals surface area contributed by atoms with E-state index >= 15 is 0 Å². The maximum atomic E-state index is 9.88. The Morgan fingerprint density at radius 3 is 2.07 bits per heavy atom. The van der Waals surface area contributed by atoms with Crippen LogP contribution in [0.2, 0.25) is 0 Å². The fourth-order valence-corrected chi connectivity index (χ4v) is 4.37. The van der Waals surface area contributed by atoms with Gasteiger partial charge in [0.25, 0.3) is 0 Å². The molecule has 2 aromatic carbocycles. The van der Waals surface area contributed by atoms with Gasteiger partial charge in [-0.25, -0.2) is 9.89 Å². The monoisotopic (exact) mass is 403 g/mol. The lowest BCUT2D eigenvalue weighted by atomic mass is 10.1. The van der Waals surface area contributed by atoms with Gasteiger partial charge in [-0.1, -0.05) is 42.1 Å². The molecular formula is C19H21N3O5S. The van der Waals surface area contributed by atoms with Crippen LogP contribution in [0.1, 0.15) is 5.56 Å². The van der Waals surface area contributed by atoms with Crippen molar-refractivity contribution in [2.75, 3.05) is 26.2 Å². The normalized spacial score (nSPS) is 18.2. The molecule has 0 aliphatic carbocycles. The molecule has 0 aromatic heterocycles. The molecule has 5 N–H and O–H groups in total. The number of amidine groups is 1. The smallest absolute Gasteiger partial charge is 0.349 e. The van der Waals surface area contributed by atoms with Crippen molar-refractivity contribution >= 4 is 23.3 Å². The minimum absolute atomic E-state index is 0.0897. The van der Waals surface area contributed by atoms with Gasteiger partial charge in [-0.15, -0.1) is 0 Å². The summed E-state index contributed by atoms with van der Waals surface area (Å²) in [5, 5.41) is 47.4. The summed E-state index contributed by atoms with van der Waals surface area (Å²) in [5.41, 5.74) is 1.84. The van der Waals surface area contributed by atoms with Gasteiger partial charge in [-0.05, 0) is 18.2 Å². The molecule has 2 heterocycles. The average molecular weight is 403 g/mol. The van der Waals surface area contributed by atoms with E-state index in [1.165, 1.54) is 0 Å². The number of hydrogen-bond donors (Lipinski definition) is 5. The summed E-state index contributed by atoms with van der Waals surface area (Å²) >= 11 is 1.65. The van der Waals surface area contributed by atoms with Gasteiger partial charge in [-0.3, -0.25) is 0 Å². The zero-order valence-electron chi connectivity index (χ0n) is 14.9. The molecule has 0 spiro atoms. The number of aliphatic hydroxyl groups is 5. The van der Waals surface area contributed by atoms with Crippen molar-refractivity contribution in [2.45, 2.75) is 21.7 Å². The molecule has 1 fully saturated rings. The molecule has 1 saturated heterocycles. The van der Waals surface area contributed by atoms with Gasteiger partial charge in [0.15, 0.2) is 0 Å². The van der Waals surface area contributed by atoms with Crippen LogP contribution in [0.5, 0.6) is 0 Å². The molecule has 4 rings (SSSR count). The number of piperazine rings is 1. The number of benzene rings is 2. The average Bonchev–Trinajstić information content (AvgIpc) is 2.84. The Hall–Kier alpha value is -1.98. The number of para-hydroxylation sites is 1. The van der Waals surface area contributed by atoms with Crippen LogP contribution >= 0.6 is 11.8 Å². The third kappa shape index (κ3) is 3.42. The Labute approximate surface area is 166 Å². The molecule has 0 atom stereocenters. The van der Waals surface area contributed by atoms with Crippen LogP contribution in [0.3, 0.4) is 0 Å². The second-order valence-electron chi connectivity index (χ2n) is 6.75.